The number of anilines is 1. The van der Waals surface area contributed by atoms with Crippen LogP contribution in [0.15, 0.2) is 48.5 Å². The molecule has 0 radical (unpaired) electrons. The van der Waals surface area contributed by atoms with Gasteiger partial charge in [-0.05, 0) is 42.7 Å². The van der Waals surface area contributed by atoms with E-state index in [-0.39, 0.29) is 0 Å². The van der Waals surface area contributed by atoms with Crippen molar-refractivity contribution in [2.75, 3.05) is 5.32 Å². The fourth-order valence-corrected chi connectivity index (χ4v) is 2.36. The van der Waals surface area contributed by atoms with Gasteiger partial charge in [0.05, 0.1) is 0 Å². The second kappa shape index (κ2) is 6.76. The highest BCUT2D eigenvalue weighted by Gasteiger charge is 2.21. The van der Waals surface area contributed by atoms with Crippen molar-refractivity contribution in [1.29, 1.82) is 0 Å². The van der Waals surface area contributed by atoms with Crippen LogP contribution in [0.5, 0.6) is 0 Å². The molecule has 2 aromatic rings. The molecule has 22 heavy (non-hydrogen) atoms. The number of benzene rings is 2. The van der Waals surface area contributed by atoms with Gasteiger partial charge in [0, 0.05) is 5.69 Å². The van der Waals surface area contributed by atoms with Crippen molar-refractivity contribution in [2.24, 2.45) is 5.73 Å². The van der Waals surface area contributed by atoms with E-state index in [9.17, 15) is 9.59 Å². The SMILES string of the molecule is Cc1cc(C)cc(N[C@H](C(=O)NC(N)=O)c2ccccc2)c1. The number of urea groups is 1. The summed E-state index contributed by atoms with van der Waals surface area (Å²) >= 11 is 0. The molecule has 5 nitrogen and oxygen atoms in total. The van der Waals surface area contributed by atoms with Crippen molar-refractivity contribution in [2.45, 2.75) is 19.9 Å². The van der Waals surface area contributed by atoms with Crippen LogP contribution in [0.3, 0.4) is 0 Å². The Morgan fingerprint density at radius 3 is 2.14 bits per heavy atom. The predicted octanol–water partition coefficient (Wildman–Crippen LogP) is 2.65. The summed E-state index contributed by atoms with van der Waals surface area (Å²) in [4.78, 5) is 23.2. The zero-order valence-corrected chi connectivity index (χ0v) is 12.6. The van der Waals surface area contributed by atoms with Crippen LogP contribution in [0.4, 0.5) is 10.5 Å². The highest BCUT2D eigenvalue weighted by molar-refractivity contribution is 5.98. The molecule has 5 heteroatoms. The molecule has 1 atom stereocenters. The fourth-order valence-electron chi connectivity index (χ4n) is 2.36. The van der Waals surface area contributed by atoms with E-state index in [0.29, 0.717) is 0 Å². The van der Waals surface area contributed by atoms with Crippen molar-refractivity contribution in [1.82, 2.24) is 5.32 Å². The van der Waals surface area contributed by atoms with Gasteiger partial charge in [-0.15, -0.1) is 0 Å². The molecule has 0 saturated heterocycles. The fraction of sp³-hybridized carbons (Fsp3) is 0.176. The van der Waals surface area contributed by atoms with Crippen LogP contribution in [0, 0.1) is 13.8 Å². The lowest BCUT2D eigenvalue weighted by molar-refractivity contribution is -0.120. The average molecular weight is 297 g/mol. The van der Waals surface area contributed by atoms with Gasteiger partial charge in [-0.1, -0.05) is 36.4 Å². The molecule has 0 heterocycles. The third-order valence-corrected chi connectivity index (χ3v) is 3.17. The molecule has 0 spiro atoms. The van der Waals surface area contributed by atoms with E-state index in [4.69, 9.17) is 5.73 Å². The number of nitrogens with two attached hydrogens (primary N) is 1. The number of nitrogens with one attached hydrogen (secondary N) is 2. The molecule has 0 aliphatic rings. The maximum absolute atomic E-state index is 12.3. The van der Waals surface area contributed by atoms with Gasteiger partial charge >= 0.3 is 6.03 Å². The first-order valence-corrected chi connectivity index (χ1v) is 6.96. The van der Waals surface area contributed by atoms with Crippen LogP contribution in [-0.4, -0.2) is 11.9 Å². The summed E-state index contributed by atoms with van der Waals surface area (Å²) < 4.78 is 0. The molecule has 0 aliphatic heterocycles. The Kier molecular flexibility index (Phi) is 4.78. The van der Waals surface area contributed by atoms with Gasteiger partial charge in [0.15, 0.2) is 0 Å². The van der Waals surface area contributed by atoms with Gasteiger partial charge in [0.25, 0.3) is 5.91 Å². The Hall–Kier alpha value is -2.82. The molecule has 0 aromatic heterocycles. The van der Waals surface area contributed by atoms with E-state index in [1.54, 1.807) is 0 Å². The largest absolute Gasteiger partial charge is 0.370 e. The number of amides is 3. The van der Waals surface area contributed by atoms with E-state index in [1.807, 2.05) is 62.4 Å². The summed E-state index contributed by atoms with van der Waals surface area (Å²) in [6, 6.07) is 13.5. The second-order valence-corrected chi connectivity index (χ2v) is 5.22. The lowest BCUT2D eigenvalue weighted by Gasteiger charge is -2.19. The lowest BCUT2D eigenvalue weighted by atomic mass is 10.0. The number of aryl methyl sites for hydroxylation is 2. The van der Waals surface area contributed by atoms with E-state index in [1.165, 1.54) is 0 Å². The Morgan fingerprint density at radius 1 is 1.00 bits per heavy atom. The average Bonchev–Trinajstić information content (AvgIpc) is 2.44. The van der Waals surface area contributed by atoms with Gasteiger partial charge in [0.2, 0.25) is 0 Å². The van der Waals surface area contributed by atoms with E-state index in [2.05, 4.69) is 10.6 Å². The number of primary amides is 1. The summed E-state index contributed by atoms with van der Waals surface area (Å²) in [6.45, 7) is 3.97. The summed E-state index contributed by atoms with van der Waals surface area (Å²) in [5, 5.41) is 5.29. The van der Waals surface area contributed by atoms with Crippen molar-refractivity contribution in [3.63, 3.8) is 0 Å². The van der Waals surface area contributed by atoms with E-state index in [0.717, 1.165) is 22.4 Å². The van der Waals surface area contributed by atoms with Crippen molar-refractivity contribution < 1.29 is 9.59 Å². The van der Waals surface area contributed by atoms with Crippen LogP contribution >= 0.6 is 0 Å². The van der Waals surface area contributed by atoms with Crippen LogP contribution in [0.1, 0.15) is 22.7 Å². The predicted molar refractivity (Wildman–Crippen MR) is 86.4 cm³/mol. The molecule has 0 bridgehead atoms. The summed E-state index contributed by atoms with van der Waals surface area (Å²) in [6.07, 6.45) is 0. The Bertz CT molecular complexity index is 663. The van der Waals surface area contributed by atoms with E-state index >= 15 is 0 Å². The first-order chi connectivity index (χ1) is 10.5. The minimum atomic E-state index is -0.867. The molecular formula is C17H19N3O2. The second-order valence-electron chi connectivity index (χ2n) is 5.22. The maximum Gasteiger partial charge on any atom is 0.318 e. The summed E-state index contributed by atoms with van der Waals surface area (Å²) in [5.41, 5.74) is 8.79. The first-order valence-electron chi connectivity index (χ1n) is 6.96. The van der Waals surface area contributed by atoms with E-state index < -0.39 is 18.0 Å². The van der Waals surface area contributed by atoms with Gasteiger partial charge in [-0.25, -0.2) is 4.79 Å². The van der Waals surface area contributed by atoms with Gasteiger partial charge in [-0.2, -0.15) is 0 Å². The highest BCUT2D eigenvalue weighted by Crippen LogP contribution is 2.22. The van der Waals surface area contributed by atoms with Gasteiger partial charge in [-0.3, -0.25) is 10.1 Å². The van der Waals surface area contributed by atoms with Crippen molar-refractivity contribution in [3.8, 4) is 0 Å². The lowest BCUT2D eigenvalue weighted by Crippen LogP contribution is -2.40. The normalized spacial score (nSPS) is 11.5. The molecule has 2 aromatic carbocycles. The van der Waals surface area contributed by atoms with Crippen LogP contribution in [0.2, 0.25) is 0 Å². The molecule has 0 aliphatic carbocycles. The van der Waals surface area contributed by atoms with Gasteiger partial charge in [0.1, 0.15) is 6.04 Å². The number of imide groups is 1. The van der Waals surface area contributed by atoms with Crippen LogP contribution in [0.25, 0.3) is 0 Å². The molecule has 2 rings (SSSR count). The number of carbonyl (C=O) groups is 2. The zero-order chi connectivity index (χ0) is 16.1. The molecule has 0 fully saturated rings. The first kappa shape index (κ1) is 15.6. The van der Waals surface area contributed by atoms with Gasteiger partial charge < -0.3 is 11.1 Å². The standard InChI is InChI=1S/C17H19N3O2/c1-11-8-12(2)10-14(9-11)19-15(16(21)20-17(18)22)13-6-4-3-5-7-13/h3-10,15,19H,1-2H3,(H3,18,20,21,22)/t15-/m0/s1. The Balaban J connectivity index is 2.32. The molecular weight excluding hydrogens is 278 g/mol. The summed E-state index contributed by atoms with van der Waals surface area (Å²) in [5.74, 6) is -0.488. The molecule has 4 N–H and O–H groups in total. The molecule has 114 valence electrons. The topological polar surface area (TPSA) is 84.2 Å². The third-order valence-electron chi connectivity index (χ3n) is 3.17. The number of hydrogen-bond acceptors (Lipinski definition) is 3. The maximum atomic E-state index is 12.3. The van der Waals surface area contributed by atoms with Crippen LogP contribution in [-0.2, 0) is 4.79 Å². The van der Waals surface area contributed by atoms with Crippen LogP contribution < -0.4 is 16.4 Å². The molecule has 3 amide bonds. The Morgan fingerprint density at radius 2 is 1.59 bits per heavy atom. The quantitative estimate of drug-likeness (QED) is 0.811. The highest BCUT2D eigenvalue weighted by atomic mass is 16.2. The third kappa shape index (κ3) is 4.09. The van der Waals surface area contributed by atoms with Crippen molar-refractivity contribution in [3.05, 3.63) is 65.2 Å². The minimum absolute atomic E-state index is 0.488. The van der Waals surface area contributed by atoms with Crippen molar-refractivity contribution >= 4 is 17.6 Å². The minimum Gasteiger partial charge on any atom is -0.370 e. The Labute approximate surface area is 129 Å². The molecule has 0 saturated carbocycles. The zero-order valence-electron chi connectivity index (χ0n) is 12.6. The number of carbonyl (C=O) groups excluding carboxylic acids is 2. The summed E-state index contributed by atoms with van der Waals surface area (Å²) in [7, 11) is 0. The number of rotatable bonds is 4. The number of hydrogen-bond donors (Lipinski definition) is 3. The smallest absolute Gasteiger partial charge is 0.318 e. The molecule has 0 unspecified atom stereocenters. The monoisotopic (exact) mass is 297 g/mol.